The first-order chi connectivity index (χ1) is 12.1. The third kappa shape index (κ3) is 2.89. The monoisotopic (exact) mass is 351 g/mol. The Labute approximate surface area is 149 Å². The molecule has 2 amide bonds. The highest BCUT2D eigenvalue weighted by molar-refractivity contribution is 7.18. The summed E-state index contributed by atoms with van der Waals surface area (Å²) in [5, 5.41) is 0.987. The van der Waals surface area contributed by atoms with Crippen LogP contribution in [0.4, 0.5) is 0 Å². The quantitative estimate of drug-likeness (QED) is 0.786. The molecule has 2 N–H and O–H groups in total. The second-order valence-electron chi connectivity index (χ2n) is 6.12. The molecule has 1 fully saturated rings. The first-order valence-corrected chi connectivity index (χ1v) is 9.01. The van der Waals surface area contributed by atoms with Gasteiger partial charge in [0.15, 0.2) is 0 Å². The molecule has 1 aliphatic rings. The van der Waals surface area contributed by atoms with Gasteiger partial charge in [0.1, 0.15) is 5.01 Å². The molecule has 3 aromatic rings. The number of fused-ring (bicyclic) bond motifs is 1. The average molecular weight is 351 g/mol. The lowest BCUT2D eigenvalue weighted by molar-refractivity contribution is 0.0735. The zero-order chi connectivity index (χ0) is 17.4. The van der Waals surface area contributed by atoms with Crippen LogP contribution in [-0.2, 0) is 0 Å². The predicted molar refractivity (Wildman–Crippen MR) is 97.6 cm³/mol. The first kappa shape index (κ1) is 15.8. The Kier molecular flexibility index (Phi) is 3.97. The van der Waals surface area contributed by atoms with Gasteiger partial charge in [-0.15, -0.1) is 11.3 Å². The second kappa shape index (κ2) is 6.29. The average Bonchev–Trinajstić information content (AvgIpc) is 3.27. The molecule has 5 nitrogen and oxygen atoms in total. The summed E-state index contributed by atoms with van der Waals surface area (Å²) in [4.78, 5) is 30.7. The largest absolute Gasteiger partial charge is 0.366 e. The third-order valence-corrected chi connectivity index (χ3v) is 5.66. The highest BCUT2D eigenvalue weighted by Crippen LogP contribution is 2.37. The van der Waals surface area contributed by atoms with Crippen LogP contribution >= 0.6 is 11.3 Å². The summed E-state index contributed by atoms with van der Waals surface area (Å²) in [6.45, 7) is 0.719. The number of likely N-dealkylation sites (tertiary alicyclic amines) is 1. The third-order valence-electron chi connectivity index (χ3n) is 4.53. The second-order valence-corrected chi connectivity index (χ2v) is 7.18. The van der Waals surface area contributed by atoms with Crippen molar-refractivity contribution in [1.82, 2.24) is 9.88 Å². The minimum Gasteiger partial charge on any atom is -0.366 e. The summed E-state index contributed by atoms with van der Waals surface area (Å²) in [6.07, 6.45) is 1.89. The van der Waals surface area contributed by atoms with E-state index < -0.39 is 5.91 Å². The minimum atomic E-state index is -0.493. The number of para-hydroxylation sites is 1. The lowest BCUT2D eigenvalue weighted by atomic mass is 10.1. The zero-order valence-corrected chi connectivity index (χ0v) is 14.3. The molecule has 6 heteroatoms. The minimum absolute atomic E-state index is 0.0146. The number of hydrogen-bond donors (Lipinski definition) is 1. The fourth-order valence-electron chi connectivity index (χ4n) is 3.24. The lowest BCUT2D eigenvalue weighted by Gasteiger charge is -2.23. The van der Waals surface area contributed by atoms with Crippen LogP contribution in [0.25, 0.3) is 10.2 Å². The Morgan fingerprint density at radius 3 is 2.52 bits per heavy atom. The van der Waals surface area contributed by atoms with Crippen molar-refractivity contribution in [3.63, 3.8) is 0 Å². The Hall–Kier alpha value is -2.73. The molecule has 1 aliphatic heterocycles. The van der Waals surface area contributed by atoms with E-state index in [1.165, 1.54) is 0 Å². The van der Waals surface area contributed by atoms with Crippen molar-refractivity contribution in [3.05, 3.63) is 64.7 Å². The number of carbonyl (C=O) groups is 2. The van der Waals surface area contributed by atoms with Crippen LogP contribution in [0, 0.1) is 0 Å². The highest BCUT2D eigenvalue weighted by atomic mass is 32.1. The molecule has 0 aliphatic carbocycles. The molecule has 2 aromatic carbocycles. The Balaban J connectivity index is 1.62. The molecule has 126 valence electrons. The summed E-state index contributed by atoms with van der Waals surface area (Å²) < 4.78 is 1.14. The van der Waals surface area contributed by atoms with Crippen molar-refractivity contribution in [2.24, 2.45) is 5.73 Å². The summed E-state index contributed by atoms with van der Waals surface area (Å²) >= 11 is 1.65. The maximum Gasteiger partial charge on any atom is 0.254 e. The molecule has 0 spiro atoms. The van der Waals surface area contributed by atoms with Crippen molar-refractivity contribution >= 4 is 33.4 Å². The number of rotatable bonds is 3. The standard InChI is InChI=1S/C19H17N3O2S/c20-17(23)12-7-9-13(10-8-12)19(24)22-11-3-5-15(22)18-21-14-4-1-2-6-16(14)25-18/h1-2,4,6-10,15H,3,5,11H2,(H2,20,23). The number of hydrogen-bond acceptors (Lipinski definition) is 4. The van der Waals surface area contributed by atoms with Crippen LogP contribution in [-0.4, -0.2) is 28.2 Å². The Morgan fingerprint density at radius 2 is 1.80 bits per heavy atom. The highest BCUT2D eigenvalue weighted by Gasteiger charge is 2.32. The van der Waals surface area contributed by atoms with E-state index in [0.29, 0.717) is 11.1 Å². The van der Waals surface area contributed by atoms with Crippen LogP contribution in [0.2, 0.25) is 0 Å². The van der Waals surface area contributed by atoms with Crippen LogP contribution in [0.1, 0.15) is 44.6 Å². The van der Waals surface area contributed by atoms with E-state index in [9.17, 15) is 9.59 Å². The molecule has 1 saturated heterocycles. The number of thiazole rings is 1. The van der Waals surface area contributed by atoms with Gasteiger partial charge in [-0.25, -0.2) is 4.98 Å². The molecule has 25 heavy (non-hydrogen) atoms. The van der Waals surface area contributed by atoms with Crippen molar-refractivity contribution < 1.29 is 9.59 Å². The van der Waals surface area contributed by atoms with Gasteiger partial charge in [0, 0.05) is 17.7 Å². The summed E-state index contributed by atoms with van der Waals surface area (Å²) in [5.41, 5.74) is 7.21. The Morgan fingerprint density at radius 1 is 1.08 bits per heavy atom. The van der Waals surface area contributed by atoms with Gasteiger partial charge in [0.25, 0.3) is 5.91 Å². The van der Waals surface area contributed by atoms with E-state index in [2.05, 4.69) is 6.07 Å². The molecule has 2 heterocycles. The van der Waals surface area contributed by atoms with Crippen molar-refractivity contribution in [1.29, 1.82) is 0 Å². The topological polar surface area (TPSA) is 76.3 Å². The molecular weight excluding hydrogens is 334 g/mol. The molecule has 0 radical (unpaired) electrons. The van der Waals surface area contributed by atoms with Crippen LogP contribution in [0.15, 0.2) is 48.5 Å². The molecule has 1 aromatic heterocycles. The number of aromatic nitrogens is 1. The summed E-state index contributed by atoms with van der Waals surface area (Å²) in [6, 6.07) is 14.6. The molecule has 1 atom stereocenters. The molecule has 0 saturated carbocycles. The summed E-state index contributed by atoms with van der Waals surface area (Å²) in [7, 11) is 0. The van der Waals surface area contributed by atoms with Gasteiger partial charge in [-0.2, -0.15) is 0 Å². The van der Waals surface area contributed by atoms with Crippen LogP contribution < -0.4 is 5.73 Å². The van der Waals surface area contributed by atoms with E-state index >= 15 is 0 Å². The van der Waals surface area contributed by atoms with E-state index in [4.69, 9.17) is 10.7 Å². The van der Waals surface area contributed by atoms with Gasteiger partial charge in [-0.1, -0.05) is 12.1 Å². The molecular formula is C19H17N3O2S. The molecule has 4 rings (SSSR count). The van der Waals surface area contributed by atoms with E-state index in [-0.39, 0.29) is 11.9 Å². The fraction of sp³-hybridized carbons (Fsp3) is 0.211. The van der Waals surface area contributed by atoms with Crippen molar-refractivity contribution in [2.75, 3.05) is 6.54 Å². The van der Waals surface area contributed by atoms with Gasteiger partial charge >= 0.3 is 0 Å². The van der Waals surface area contributed by atoms with Gasteiger partial charge in [0.05, 0.1) is 16.3 Å². The number of nitrogens with two attached hydrogens (primary N) is 1. The van der Waals surface area contributed by atoms with Gasteiger partial charge in [-0.3, -0.25) is 9.59 Å². The number of nitrogens with zero attached hydrogens (tertiary/aromatic N) is 2. The van der Waals surface area contributed by atoms with E-state index in [0.717, 1.165) is 34.6 Å². The number of amides is 2. The van der Waals surface area contributed by atoms with Crippen molar-refractivity contribution in [2.45, 2.75) is 18.9 Å². The number of primary amides is 1. The number of carbonyl (C=O) groups excluding carboxylic acids is 2. The summed E-state index contributed by atoms with van der Waals surface area (Å²) in [5.74, 6) is -0.523. The predicted octanol–water partition coefficient (Wildman–Crippen LogP) is 3.37. The smallest absolute Gasteiger partial charge is 0.254 e. The Bertz CT molecular complexity index is 916. The van der Waals surface area contributed by atoms with E-state index in [1.54, 1.807) is 35.6 Å². The van der Waals surface area contributed by atoms with Gasteiger partial charge in [0.2, 0.25) is 5.91 Å². The normalized spacial score (nSPS) is 17.1. The maximum absolute atomic E-state index is 12.9. The fourth-order valence-corrected chi connectivity index (χ4v) is 4.36. The zero-order valence-electron chi connectivity index (χ0n) is 13.5. The van der Waals surface area contributed by atoms with Crippen molar-refractivity contribution in [3.8, 4) is 0 Å². The first-order valence-electron chi connectivity index (χ1n) is 8.20. The molecule has 1 unspecified atom stereocenters. The SMILES string of the molecule is NC(=O)c1ccc(C(=O)N2CCCC2c2nc3ccccc3s2)cc1. The van der Waals surface area contributed by atoms with Gasteiger partial charge in [-0.05, 0) is 49.2 Å². The molecule has 0 bridgehead atoms. The number of benzene rings is 2. The van der Waals surface area contributed by atoms with Crippen LogP contribution in [0.5, 0.6) is 0 Å². The van der Waals surface area contributed by atoms with E-state index in [1.807, 2.05) is 23.1 Å². The lowest BCUT2D eigenvalue weighted by Crippen LogP contribution is -2.30. The maximum atomic E-state index is 12.9. The van der Waals surface area contributed by atoms with Crippen LogP contribution in [0.3, 0.4) is 0 Å². The van der Waals surface area contributed by atoms with Gasteiger partial charge < -0.3 is 10.6 Å².